The molecule has 1 aliphatic rings. The number of aliphatic hydroxyl groups excluding tert-OH is 1. The number of carbonyl (C=O) groups excluding carboxylic acids is 1. The van der Waals surface area contributed by atoms with Crippen LogP contribution in [0.2, 0.25) is 0 Å². The molecule has 25 heavy (non-hydrogen) atoms. The fraction of sp³-hybridized carbons (Fsp3) is 0.350. The summed E-state index contributed by atoms with van der Waals surface area (Å²) in [4.78, 5) is 14.2. The summed E-state index contributed by atoms with van der Waals surface area (Å²) in [6.07, 6.45) is 1.72. The summed E-state index contributed by atoms with van der Waals surface area (Å²) >= 11 is 0. The van der Waals surface area contributed by atoms with Gasteiger partial charge in [0.05, 0.1) is 0 Å². The predicted molar refractivity (Wildman–Crippen MR) is 96.6 cm³/mol. The van der Waals surface area contributed by atoms with Crippen molar-refractivity contribution in [2.75, 3.05) is 19.7 Å². The Morgan fingerprint density at radius 1 is 1.08 bits per heavy atom. The van der Waals surface area contributed by atoms with Gasteiger partial charge in [0.1, 0.15) is 11.5 Å². The number of urea groups is 1. The van der Waals surface area contributed by atoms with Gasteiger partial charge in [0.2, 0.25) is 0 Å². The van der Waals surface area contributed by atoms with Gasteiger partial charge in [-0.25, -0.2) is 4.79 Å². The Morgan fingerprint density at radius 2 is 1.76 bits per heavy atom. The number of likely N-dealkylation sites (tertiary alicyclic amines) is 1. The van der Waals surface area contributed by atoms with Crippen LogP contribution in [0.3, 0.4) is 0 Å². The molecule has 5 heteroatoms. The monoisotopic (exact) mass is 340 g/mol. The van der Waals surface area contributed by atoms with Crippen LogP contribution in [0.25, 0.3) is 0 Å². The molecule has 1 heterocycles. The third kappa shape index (κ3) is 4.73. The van der Waals surface area contributed by atoms with Gasteiger partial charge in [0.15, 0.2) is 0 Å². The zero-order valence-electron chi connectivity index (χ0n) is 14.2. The Morgan fingerprint density at radius 3 is 2.48 bits per heavy atom. The summed E-state index contributed by atoms with van der Waals surface area (Å²) in [5.41, 5.74) is 0.935. The number of nitrogens with one attached hydrogen (secondary N) is 1. The lowest BCUT2D eigenvalue weighted by Gasteiger charge is -2.31. The van der Waals surface area contributed by atoms with Crippen molar-refractivity contribution in [2.24, 2.45) is 5.92 Å². The molecule has 0 spiro atoms. The third-order valence-electron chi connectivity index (χ3n) is 4.53. The maximum atomic E-state index is 12.3. The number of amides is 2. The van der Waals surface area contributed by atoms with Crippen LogP contribution in [-0.4, -0.2) is 35.7 Å². The molecule has 1 saturated heterocycles. The largest absolute Gasteiger partial charge is 0.457 e. The highest BCUT2D eigenvalue weighted by atomic mass is 16.5. The van der Waals surface area contributed by atoms with Gasteiger partial charge in [0.25, 0.3) is 0 Å². The number of para-hydroxylation sites is 2. The van der Waals surface area contributed by atoms with E-state index in [1.54, 1.807) is 0 Å². The first kappa shape index (κ1) is 17.3. The minimum Gasteiger partial charge on any atom is -0.457 e. The second-order valence-electron chi connectivity index (χ2n) is 6.29. The number of rotatable bonds is 5. The smallest absolute Gasteiger partial charge is 0.317 e. The molecule has 132 valence electrons. The van der Waals surface area contributed by atoms with Crippen LogP contribution in [0.4, 0.5) is 4.79 Å². The highest BCUT2D eigenvalue weighted by molar-refractivity contribution is 5.74. The first-order valence-corrected chi connectivity index (χ1v) is 8.70. The van der Waals surface area contributed by atoms with Gasteiger partial charge in [-0.1, -0.05) is 36.4 Å². The first-order valence-electron chi connectivity index (χ1n) is 8.70. The van der Waals surface area contributed by atoms with E-state index in [0.29, 0.717) is 25.6 Å². The van der Waals surface area contributed by atoms with Crippen LogP contribution in [-0.2, 0) is 6.54 Å². The molecule has 0 atom stereocenters. The van der Waals surface area contributed by atoms with E-state index < -0.39 is 0 Å². The molecule has 3 rings (SSSR count). The van der Waals surface area contributed by atoms with Crippen molar-refractivity contribution in [3.8, 4) is 11.5 Å². The zero-order chi connectivity index (χ0) is 17.5. The standard InChI is InChI=1S/C20H24N2O3/c23-15-16-10-12-22(13-11-16)20(24)21-14-17-6-4-5-9-19(17)25-18-7-2-1-3-8-18/h1-9,16,23H,10-15H2,(H,21,24). The van der Waals surface area contributed by atoms with Crippen molar-refractivity contribution in [1.82, 2.24) is 10.2 Å². The lowest BCUT2D eigenvalue weighted by molar-refractivity contribution is 0.137. The minimum absolute atomic E-state index is 0.0640. The van der Waals surface area contributed by atoms with E-state index in [1.165, 1.54) is 0 Å². The maximum absolute atomic E-state index is 12.3. The van der Waals surface area contributed by atoms with Gasteiger partial charge in [-0.3, -0.25) is 0 Å². The van der Waals surface area contributed by atoms with Crippen LogP contribution in [0, 0.1) is 5.92 Å². The SMILES string of the molecule is O=C(NCc1ccccc1Oc1ccccc1)N1CCC(CO)CC1. The number of nitrogens with zero attached hydrogens (tertiary/aromatic N) is 1. The van der Waals surface area contributed by atoms with Crippen LogP contribution >= 0.6 is 0 Å². The summed E-state index contributed by atoms with van der Waals surface area (Å²) in [6, 6.07) is 17.3. The first-order chi connectivity index (χ1) is 12.3. The Hall–Kier alpha value is -2.53. The fourth-order valence-corrected chi connectivity index (χ4v) is 2.97. The van der Waals surface area contributed by atoms with Crippen molar-refractivity contribution in [3.63, 3.8) is 0 Å². The number of ether oxygens (including phenoxy) is 1. The fourth-order valence-electron chi connectivity index (χ4n) is 2.97. The van der Waals surface area contributed by atoms with Crippen LogP contribution < -0.4 is 10.1 Å². The van der Waals surface area contributed by atoms with Gasteiger partial charge in [-0.05, 0) is 37.0 Å². The molecular weight excluding hydrogens is 316 g/mol. The topological polar surface area (TPSA) is 61.8 Å². The number of aliphatic hydroxyl groups is 1. The quantitative estimate of drug-likeness (QED) is 0.877. The van der Waals surface area contributed by atoms with Gasteiger partial charge >= 0.3 is 6.03 Å². The molecule has 1 aliphatic heterocycles. The van der Waals surface area contributed by atoms with Crippen LogP contribution in [0.1, 0.15) is 18.4 Å². The van der Waals surface area contributed by atoms with Gasteiger partial charge in [-0.2, -0.15) is 0 Å². The van der Waals surface area contributed by atoms with E-state index in [2.05, 4.69) is 5.32 Å². The van der Waals surface area contributed by atoms with E-state index >= 15 is 0 Å². The molecule has 0 bridgehead atoms. The van der Waals surface area contributed by atoms with Crippen molar-refractivity contribution in [3.05, 3.63) is 60.2 Å². The van der Waals surface area contributed by atoms with Gasteiger partial charge in [-0.15, -0.1) is 0 Å². The summed E-state index contributed by atoms with van der Waals surface area (Å²) < 4.78 is 5.92. The molecule has 2 aromatic rings. The molecule has 0 unspecified atom stereocenters. The van der Waals surface area contributed by atoms with E-state index in [-0.39, 0.29) is 12.6 Å². The highest BCUT2D eigenvalue weighted by Gasteiger charge is 2.22. The average molecular weight is 340 g/mol. The van der Waals surface area contributed by atoms with Crippen LogP contribution in [0.5, 0.6) is 11.5 Å². The second-order valence-corrected chi connectivity index (χ2v) is 6.29. The predicted octanol–water partition coefficient (Wildman–Crippen LogP) is 3.39. The lowest BCUT2D eigenvalue weighted by atomic mass is 9.98. The second kappa shape index (κ2) is 8.53. The van der Waals surface area contributed by atoms with E-state index in [4.69, 9.17) is 4.74 Å². The van der Waals surface area contributed by atoms with Crippen molar-refractivity contribution >= 4 is 6.03 Å². The van der Waals surface area contributed by atoms with Gasteiger partial charge < -0.3 is 20.1 Å². The van der Waals surface area contributed by atoms with Crippen molar-refractivity contribution in [2.45, 2.75) is 19.4 Å². The maximum Gasteiger partial charge on any atom is 0.317 e. The zero-order valence-corrected chi connectivity index (χ0v) is 14.2. The molecular formula is C20H24N2O3. The highest BCUT2D eigenvalue weighted by Crippen LogP contribution is 2.25. The third-order valence-corrected chi connectivity index (χ3v) is 4.53. The molecule has 5 nitrogen and oxygen atoms in total. The molecule has 0 radical (unpaired) electrons. The van der Waals surface area contributed by atoms with Crippen molar-refractivity contribution in [1.29, 1.82) is 0 Å². The lowest BCUT2D eigenvalue weighted by Crippen LogP contribution is -2.44. The summed E-state index contributed by atoms with van der Waals surface area (Å²) in [5.74, 6) is 1.84. The van der Waals surface area contributed by atoms with E-state index in [9.17, 15) is 9.90 Å². The number of benzene rings is 2. The van der Waals surface area contributed by atoms with Crippen LogP contribution in [0.15, 0.2) is 54.6 Å². The molecule has 1 fully saturated rings. The summed E-state index contributed by atoms with van der Waals surface area (Å²) in [7, 11) is 0. The Labute approximate surface area is 148 Å². The molecule has 2 aromatic carbocycles. The average Bonchev–Trinajstić information content (AvgIpc) is 2.68. The number of hydrogen-bond donors (Lipinski definition) is 2. The van der Waals surface area contributed by atoms with E-state index in [0.717, 1.165) is 29.9 Å². The molecule has 0 saturated carbocycles. The summed E-state index contributed by atoms with van der Waals surface area (Å²) in [6.45, 7) is 2.01. The van der Waals surface area contributed by atoms with Gasteiger partial charge in [0, 0.05) is 31.8 Å². The molecule has 2 N–H and O–H groups in total. The minimum atomic E-state index is -0.0640. The summed E-state index contributed by atoms with van der Waals surface area (Å²) in [5, 5.41) is 12.2. The normalized spacial score (nSPS) is 15.0. The Kier molecular flexibility index (Phi) is 5.90. The molecule has 2 amide bonds. The number of hydrogen-bond acceptors (Lipinski definition) is 3. The van der Waals surface area contributed by atoms with E-state index in [1.807, 2.05) is 59.5 Å². The number of piperidine rings is 1. The molecule has 0 aliphatic carbocycles. The van der Waals surface area contributed by atoms with Crippen molar-refractivity contribution < 1.29 is 14.6 Å². The Balaban J connectivity index is 1.57. The number of carbonyl (C=O) groups is 1. The Bertz CT molecular complexity index is 682. The molecule has 0 aromatic heterocycles.